The highest BCUT2D eigenvalue weighted by atomic mass is 32.2. The number of ether oxygens (including phenoxy) is 3. The molecule has 1 amide bonds. The Bertz CT molecular complexity index is 1400. The van der Waals surface area contributed by atoms with Crippen LogP contribution in [0.1, 0.15) is 23.2 Å². The van der Waals surface area contributed by atoms with Crippen molar-refractivity contribution < 1.29 is 27.4 Å². The Morgan fingerprint density at radius 1 is 1.09 bits per heavy atom. The number of rotatable bonds is 5. The zero-order valence-electron chi connectivity index (χ0n) is 19.3. The zero-order valence-corrected chi connectivity index (χ0v) is 20.1. The summed E-state index contributed by atoms with van der Waals surface area (Å²) in [7, 11) is -2.72. The van der Waals surface area contributed by atoms with Gasteiger partial charge in [-0.25, -0.2) is 13.1 Å². The van der Waals surface area contributed by atoms with Crippen LogP contribution in [0.25, 0.3) is 10.9 Å². The van der Waals surface area contributed by atoms with Gasteiger partial charge in [0.25, 0.3) is 15.9 Å². The van der Waals surface area contributed by atoms with E-state index in [0.29, 0.717) is 35.4 Å². The third kappa shape index (κ3) is 3.64. The number of hydrogen-bond donors (Lipinski definition) is 1. The van der Waals surface area contributed by atoms with Crippen molar-refractivity contribution >= 4 is 26.8 Å². The van der Waals surface area contributed by atoms with Gasteiger partial charge in [0.1, 0.15) is 5.75 Å². The molecular formula is C25H26N2O6S. The molecule has 0 radical (unpaired) electrons. The molecule has 2 fully saturated rings. The molecule has 8 nitrogen and oxygen atoms in total. The first-order chi connectivity index (χ1) is 16.2. The van der Waals surface area contributed by atoms with E-state index >= 15 is 0 Å². The van der Waals surface area contributed by atoms with E-state index in [9.17, 15) is 13.2 Å². The number of hydrogen-bond acceptors (Lipinski definition) is 7. The number of nitrogens with zero attached hydrogens (tertiary/aromatic N) is 1. The quantitative estimate of drug-likeness (QED) is 0.596. The van der Waals surface area contributed by atoms with Crippen LogP contribution in [0.2, 0.25) is 0 Å². The fourth-order valence-corrected chi connectivity index (χ4v) is 6.02. The molecule has 2 aliphatic heterocycles. The summed E-state index contributed by atoms with van der Waals surface area (Å²) in [4.78, 5) is 18.2. The SMILES string of the molecule is COc1ccc(C)cc1C1(C(=O)NS(=O)(=O)c2cccc3nc(C)ccc23)CC2(COC2)CO1. The van der Waals surface area contributed by atoms with Crippen LogP contribution in [0.3, 0.4) is 0 Å². The molecule has 2 aromatic carbocycles. The highest BCUT2D eigenvalue weighted by Crippen LogP contribution is 2.51. The molecule has 1 unspecified atom stereocenters. The summed E-state index contributed by atoms with van der Waals surface area (Å²) in [5.41, 5.74) is 0.833. The van der Waals surface area contributed by atoms with Gasteiger partial charge in [0.2, 0.25) is 0 Å². The van der Waals surface area contributed by atoms with E-state index in [4.69, 9.17) is 14.2 Å². The number of sulfonamides is 1. The molecular weight excluding hydrogens is 456 g/mol. The molecule has 34 heavy (non-hydrogen) atoms. The molecule has 1 aromatic heterocycles. The normalized spacial score (nSPS) is 21.4. The second-order valence-electron chi connectivity index (χ2n) is 9.20. The highest BCUT2D eigenvalue weighted by Gasteiger charge is 2.59. The lowest BCUT2D eigenvalue weighted by atomic mass is 9.76. The van der Waals surface area contributed by atoms with Crippen LogP contribution in [-0.4, -0.2) is 46.2 Å². The second-order valence-corrected chi connectivity index (χ2v) is 10.8. The number of carbonyl (C=O) groups excluding carboxylic acids is 1. The Kier molecular flexibility index (Phi) is 5.38. The van der Waals surface area contributed by atoms with Gasteiger partial charge in [0.05, 0.1) is 37.3 Å². The third-order valence-corrected chi connectivity index (χ3v) is 7.96. The van der Waals surface area contributed by atoms with Gasteiger partial charge in [0.15, 0.2) is 5.60 Å². The lowest BCUT2D eigenvalue weighted by molar-refractivity contribution is -0.140. The van der Waals surface area contributed by atoms with Crippen LogP contribution in [0.4, 0.5) is 0 Å². The predicted octanol–water partition coefficient (Wildman–Crippen LogP) is 3.00. The molecule has 1 spiro atoms. The summed E-state index contributed by atoms with van der Waals surface area (Å²) in [6.45, 7) is 4.93. The van der Waals surface area contributed by atoms with E-state index in [1.165, 1.54) is 13.2 Å². The third-order valence-electron chi connectivity index (χ3n) is 6.57. The van der Waals surface area contributed by atoms with Crippen LogP contribution >= 0.6 is 0 Å². The number of pyridine rings is 1. The molecule has 3 aromatic rings. The van der Waals surface area contributed by atoms with Crippen molar-refractivity contribution in [1.82, 2.24) is 9.71 Å². The number of benzene rings is 2. The predicted molar refractivity (Wildman–Crippen MR) is 125 cm³/mol. The Labute approximate surface area is 198 Å². The maximum absolute atomic E-state index is 13.8. The minimum absolute atomic E-state index is 0.0168. The maximum atomic E-state index is 13.8. The summed E-state index contributed by atoms with van der Waals surface area (Å²) >= 11 is 0. The maximum Gasteiger partial charge on any atom is 0.270 e. The van der Waals surface area contributed by atoms with Gasteiger partial charge in [-0.15, -0.1) is 0 Å². The fourth-order valence-electron chi connectivity index (χ4n) is 4.78. The average molecular weight is 483 g/mol. The van der Waals surface area contributed by atoms with Crippen LogP contribution in [0, 0.1) is 19.3 Å². The van der Waals surface area contributed by atoms with Gasteiger partial charge in [-0.2, -0.15) is 0 Å². The molecule has 1 N–H and O–H groups in total. The summed E-state index contributed by atoms with van der Waals surface area (Å²) < 4.78 is 46.4. The van der Waals surface area contributed by atoms with E-state index in [2.05, 4.69) is 9.71 Å². The van der Waals surface area contributed by atoms with Crippen molar-refractivity contribution in [1.29, 1.82) is 0 Å². The van der Waals surface area contributed by atoms with Gasteiger partial charge in [-0.3, -0.25) is 9.78 Å². The molecule has 5 rings (SSSR count). The van der Waals surface area contributed by atoms with Crippen molar-refractivity contribution in [2.45, 2.75) is 30.8 Å². The van der Waals surface area contributed by atoms with E-state index in [0.717, 1.165) is 11.3 Å². The Hall–Kier alpha value is -3.01. The molecule has 0 bridgehead atoms. The molecule has 0 aliphatic carbocycles. The smallest absolute Gasteiger partial charge is 0.270 e. The fraction of sp³-hybridized carbons (Fsp3) is 0.360. The lowest BCUT2D eigenvalue weighted by Crippen LogP contribution is -2.49. The molecule has 1 atom stereocenters. The van der Waals surface area contributed by atoms with Crippen LogP contribution < -0.4 is 9.46 Å². The molecule has 0 saturated carbocycles. The number of nitrogens with one attached hydrogen (secondary N) is 1. The van der Waals surface area contributed by atoms with Crippen LogP contribution in [0.15, 0.2) is 53.4 Å². The van der Waals surface area contributed by atoms with E-state index in [-0.39, 0.29) is 23.3 Å². The van der Waals surface area contributed by atoms with Crippen LogP contribution in [0.5, 0.6) is 5.75 Å². The molecule has 3 heterocycles. The van der Waals surface area contributed by atoms with E-state index in [1.807, 2.05) is 26.0 Å². The largest absolute Gasteiger partial charge is 0.496 e. The molecule has 9 heteroatoms. The number of aryl methyl sites for hydroxylation is 2. The number of aromatic nitrogens is 1. The lowest BCUT2D eigenvalue weighted by Gasteiger charge is -2.38. The molecule has 2 saturated heterocycles. The number of carbonyl (C=O) groups is 1. The van der Waals surface area contributed by atoms with Crippen molar-refractivity contribution in [3.05, 3.63) is 65.4 Å². The minimum Gasteiger partial charge on any atom is -0.496 e. The van der Waals surface area contributed by atoms with Crippen molar-refractivity contribution in [3.63, 3.8) is 0 Å². The van der Waals surface area contributed by atoms with Gasteiger partial charge in [-0.05, 0) is 50.2 Å². The summed E-state index contributed by atoms with van der Waals surface area (Å²) in [6.07, 6.45) is 0.289. The van der Waals surface area contributed by atoms with Gasteiger partial charge >= 0.3 is 0 Å². The highest BCUT2D eigenvalue weighted by molar-refractivity contribution is 7.90. The topological polar surface area (TPSA) is 104 Å². The molecule has 2 aliphatic rings. The first-order valence-electron chi connectivity index (χ1n) is 11.0. The Morgan fingerprint density at radius 2 is 1.88 bits per heavy atom. The Morgan fingerprint density at radius 3 is 2.56 bits per heavy atom. The van der Waals surface area contributed by atoms with E-state index in [1.54, 1.807) is 30.3 Å². The first-order valence-corrected chi connectivity index (χ1v) is 12.5. The summed E-state index contributed by atoms with van der Waals surface area (Å²) in [5, 5.41) is 0.437. The van der Waals surface area contributed by atoms with Crippen molar-refractivity contribution in [2.75, 3.05) is 26.9 Å². The van der Waals surface area contributed by atoms with Crippen molar-refractivity contribution in [2.24, 2.45) is 5.41 Å². The summed E-state index contributed by atoms with van der Waals surface area (Å²) in [6, 6.07) is 13.7. The van der Waals surface area contributed by atoms with Crippen LogP contribution in [-0.2, 0) is 29.9 Å². The van der Waals surface area contributed by atoms with Gasteiger partial charge < -0.3 is 14.2 Å². The standard InChI is InChI=1S/C25H26N2O6S/c1-16-7-10-21(31-3)19(11-16)25(12-24(15-33-25)13-32-14-24)23(28)27-34(29,30)22-6-4-5-20-18(22)9-8-17(2)26-20/h4-11H,12-15H2,1-3H3,(H,27,28). The molecule has 178 valence electrons. The average Bonchev–Trinajstić information content (AvgIpc) is 3.21. The number of methoxy groups -OCH3 is 1. The Balaban J connectivity index is 1.58. The first kappa shape index (κ1) is 22.8. The van der Waals surface area contributed by atoms with Gasteiger partial charge in [0, 0.05) is 28.5 Å². The van der Waals surface area contributed by atoms with E-state index < -0.39 is 21.5 Å². The minimum atomic E-state index is -4.23. The van der Waals surface area contributed by atoms with Crippen molar-refractivity contribution in [3.8, 4) is 5.75 Å². The van der Waals surface area contributed by atoms with Gasteiger partial charge in [-0.1, -0.05) is 17.7 Å². The second kappa shape index (κ2) is 8.04. The monoisotopic (exact) mass is 482 g/mol. The zero-order chi connectivity index (χ0) is 24.1. The summed E-state index contributed by atoms with van der Waals surface area (Å²) in [5.74, 6) is -0.294. The number of fused-ring (bicyclic) bond motifs is 1. The number of amides is 1.